The number of benzene rings is 2. The maximum absolute atomic E-state index is 13.1. The first kappa shape index (κ1) is 15.5. The Hall–Kier alpha value is -1.87. The van der Waals surface area contributed by atoms with Crippen LogP contribution in [0.2, 0.25) is 0 Å². The molecule has 2 nitrogen and oxygen atoms in total. The van der Waals surface area contributed by atoms with Gasteiger partial charge in [0.05, 0.1) is 12.6 Å². The van der Waals surface area contributed by atoms with Gasteiger partial charge in [0.1, 0.15) is 11.6 Å². The van der Waals surface area contributed by atoms with Crippen LogP contribution in [-0.2, 0) is 0 Å². The van der Waals surface area contributed by atoms with Gasteiger partial charge < -0.3 is 10.5 Å². The quantitative estimate of drug-likeness (QED) is 0.869. The van der Waals surface area contributed by atoms with Crippen LogP contribution in [0, 0.1) is 5.82 Å². The largest absolute Gasteiger partial charge is 0.491 e. The maximum atomic E-state index is 13.1. The molecule has 3 heteroatoms. The van der Waals surface area contributed by atoms with Crippen molar-refractivity contribution in [2.75, 3.05) is 6.54 Å². The van der Waals surface area contributed by atoms with Gasteiger partial charge in [0.25, 0.3) is 0 Å². The molecule has 1 atom stereocenters. The van der Waals surface area contributed by atoms with Crippen molar-refractivity contribution in [2.24, 2.45) is 0 Å². The van der Waals surface area contributed by atoms with Crippen molar-refractivity contribution in [3.05, 3.63) is 65.5 Å². The van der Waals surface area contributed by atoms with E-state index in [0.29, 0.717) is 0 Å². The monoisotopic (exact) mass is 288 g/mol. The molecular formula is C18H23FNO+. The topological polar surface area (TPSA) is 36.9 Å². The lowest BCUT2D eigenvalue weighted by molar-refractivity contribution is -0.368. The molecule has 0 aliphatic rings. The minimum atomic E-state index is -0.201. The molecular weight excluding hydrogens is 265 g/mol. The van der Waals surface area contributed by atoms with Crippen molar-refractivity contribution in [1.29, 1.82) is 0 Å². The second-order valence-electron chi connectivity index (χ2n) is 5.48. The Morgan fingerprint density at radius 2 is 1.48 bits per heavy atom. The molecule has 0 radical (unpaired) electrons. The molecule has 2 aromatic rings. The molecule has 0 spiro atoms. The van der Waals surface area contributed by atoms with Gasteiger partial charge in [0.2, 0.25) is 0 Å². The molecule has 0 fully saturated rings. The summed E-state index contributed by atoms with van der Waals surface area (Å²) in [4.78, 5) is 0. The molecule has 0 heterocycles. The highest BCUT2D eigenvalue weighted by Crippen LogP contribution is 2.29. The van der Waals surface area contributed by atoms with Gasteiger partial charge in [-0.2, -0.15) is 0 Å². The standard InChI is InChI=1S/C18H22FNO/c1-13(2)21-17-9-5-15(6-10-17)18(11-12-20)14-3-7-16(19)8-4-14/h3-10,13,18H,11-12,20H2,1-2H3/p+1/t18-/m0/s1. The van der Waals surface area contributed by atoms with Crippen molar-refractivity contribution in [3.63, 3.8) is 0 Å². The highest BCUT2D eigenvalue weighted by molar-refractivity contribution is 5.36. The van der Waals surface area contributed by atoms with E-state index in [4.69, 9.17) is 4.74 Å². The lowest BCUT2D eigenvalue weighted by Gasteiger charge is -2.17. The van der Waals surface area contributed by atoms with Crippen molar-refractivity contribution in [3.8, 4) is 5.75 Å². The molecule has 0 saturated heterocycles. The summed E-state index contributed by atoms with van der Waals surface area (Å²) in [5, 5.41) is 0. The summed E-state index contributed by atoms with van der Waals surface area (Å²) >= 11 is 0. The van der Waals surface area contributed by atoms with Gasteiger partial charge in [-0.15, -0.1) is 0 Å². The van der Waals surface area contributed by atoms with E-state index in [1.807, 2.05) is 38.1 Å². The van der Waals surface area contributed by atoms with E-state index in [-0.39, 0.29) is 17.8 Å². The summed E-state index contributed by atoms with van der Waals surface area (Å²) < 4.78 is 18.8. The van der Waals surface area contributed by atoms with Crippen LogP contribution in [0.4, 0.5) is 4.39 Å². The van der Waals surface area contributed by atoms with Gasteiger partial charge in [0.15, 0.2) is 0 Å². The average molecular weight is 288 g/mol. The summed E-state index contributed by atoms with van der Waals surface area (Å²) in [6.07, 6.45) is 1.11. The van der Waals surface area contributed by atoms with Gasteiger partial charge in [-0.3, -0.25) is 0 Å². The molecule has 2 rings (SSSR count). The van der Waals surface area contributed by atoms with E-state index < -0.39 is 0 Å². The average Bonchev–Trinajstić information content (AvgIpc) is 2.46. The summed E-state index contributed by atoms with van der Waals surface area (Å²) in [7, 11) is 0. The number of hydrogen-bond acceptors (Lipinski definition) is 1. The molecule has 21 heavy (non-hydrogen) atoms. The molecule has 0 saturated carbocycles. The number of quaternary nitrogens is 1. The fourth-order valence-electron chi connectivity index (χ4n) is 2.48. The number of rotatable bonds is 6. The molecule has 0 aliphatic heterocycles. The number of hydrogen-bond donors (Lipinski definition) is 1. The van der Waals surface area contributed by atoms with Crippen LogP contribution in [0.25, 0.3) is 0 Å². The Morgan fingerprint density at radius 1 is 0.952 bits per heavy atom. The van der Waals surface area contributed by atoms with Gasteiger partial charge in [-0.05, 0) is 49.2 Å². The summed E-state index contributed by atoms with van der Waals surface area (Å²) in [6, 6.07) is 14.9. The second kappa shape index (κ2) is 7.23. The van der Waals surface area contributed by atoms with Crippen molar-refractivity contribution >= 4 is 0 Å². The predicted octanol–water partition coefficient (Wildman–Crippen LogP) is 3.38. The summed E-state index contributed by atoms with van der Waals surface area (Å²) in [5.41, 5.74) is 6.28. The maximum Gasteiger partial charge on any atom is 0.123 e. The van der Waals surface area contributed by atoms with E-state index in [0.717, 1.165) is 24.3 Å². The van der Waals surface area contributed by atoms with Crippen LogP contribution < -0.4 is 10.5 Å². The third-order valence-electron chi connectivity index (χ3n) is 3.42. The second-order valence-corrected chi connectivity index (χ2v) is 5.48. The minimum absolute atomic E-state index is 0.170. The van der Waals surface area contributed by atoms with Crippen LogP contribution in [0.5, 0.6) is 5.75 Å². The van der Waals surface area contributed by atoms with Crippen LogP contribution in [0.3, 0.4) is 0 Å². The van der Waals surface area contributed by atoms with Crippen molar-refractivity contribution in [1.82, 2.24) is 0 Å². The summed E-state index contributed by atoms with van der Waals surface area (Å²) in [5.74, 6) is 0.922. The van der Waals surface area contributed by atoms with Crippen LogP contribution >= 0.6 is 0 Å². The summed E-state index contributed by atoms with van der Waals surface area (Å²) in [6.45, 7) is 4.86. The minimum Gasteiger partial charge on any atom is -0.491 e. The van der Waals surface area contributed by atoms with E-state index in [1.165, 1.54) is 17.7 Å². The van der Waals surface area contributed by atoms with Crippen molar-refractivity contribution < 1.29 is 14.9 Å². The first-order valence-corrected chi connectivity index (χ1v) is 7.41. The molecule has 3 N–H and O–H groups in total. The number of halogens is 1. The van der Waals surface area contributed by atoms with Gasteiger partial charge in [-0.25, -0.2) is 4.39 Å². The van der Waals surface area contributed by atoms with Crippen LogP contribution in [0.15, 0.2) is 48.5 Å². The Bertz CT molecular complexity index is 548. The Kier molecular flexibility index (Phi) is 5.34. The molecule has 2 aromatic carbocycles. The third kappa shape index (κ3) is 4.30. The molecule has 0 bridgehead atoms. The Morgan fingerprint density at radius 3 is 1.95 bits per heavy atom. The fourth-order valence-corrected chi connectivity index (χ4v) is 2.48. The van der Waals surface area contributed by atoms with Gasteiger partial charge >= 0.3 is 0 Å². The molecule has 0 aromatic heterocycles. The predicted molar refractivity (Wildman–Crippen MR) is 82.8 cm³/mol. The van der Waals surface area contributed by atoms with Crippen LogP contribution in [-0.4, -0.2) is 12.6 Å². The SMILES string of the molecule is CC(C)Oc1ccc([C@@H](CC[NH3+])c2ccc(F)cc2)cc1. The van der Waals surface area contributed by atoms with E-state index >= 15 is 0 Å². The van der Waals surface area contributed by atoms with Gasteiger partial charge in [0, 0.05) is 12.3 Å². The highest BCUT2D eigenvalue weighted by atomic mass is 19.1. The Balaban J connectivity index is 2.23. The normalized spacial score (nSPS) is 12.4. The van der Waals surface area contributed by atoms with E-state index in [1.54, 1.807) is 0 Å². The molecule has 0 unspecified atom stereocenters. The highest BCUT2D eigenvalue weighted by Gasteiger charge is 2.14. The van der Waals surface area contributed by atoms with Crippen LogP contribution in [0.1, 0.15) is 37.3 Å². The smallest absolute Gasteiger partial charge is 0.123 e. The molecule has 0 aliphatic carbocycles. The zero-order chi connectivity index (χ0) is 15.2. The van der Waals surface area contributed by atoms with E-state index in [2.05, 4.69) is 17.9 Å². The first-order chi connectivity index (χ1) is 10.1. The molecule has 0 amide bonds. The Labute approximate surface area is 125 Å². The van der Waals surface area contributed by atoms with Crippen molar-refractivity contribution in [2.45, 2.75) is 32.3 Å². The van der Waals surface area contributed by atoms with E-state index in [9.17, 15) is 4.39 Å². The number of ether oxygens (including phenoxy) is 1. The third-order valence-corrected chi connectivity index (χ3v) is 3.42. The zero-order valence-corrected chi connectivity index (χ0v) is 12.7. The lowest BCUT2D eigenvalue weighted by Crippen LogP contribution is -2.50. The van der Waals surface area contributed by atoms with Gasteiger partial charge in [-0.1, -0.05) is 24.3 Å². The zero-order valence-electron chi connectivity index (χ0n) is 12.7. The molecule has 112 valence electrons. The first-order valence-electron chi connectivity index (χ1n) is 7.41. The fraction of sp³-hybridized carbons (Fsp3) is 0.333. The lowest BCUT2D eigenvalue weighted by atomic mass is 9.88.